The zero-order valence-electron chi connectivity index (χ0n) is 12.5. The van der Waals surface area contributed by atoms with Gasteiger partial charge in [0, 0.05) is 13.2 Å². The summed E-state index contributed by atoms with van der Waals surface area (Å²) in [5.41, 5.74) is 1.95. The van der Waals surface area contributed by atoms with Crippen LogP contribution < -0.4 is 5.32 Å². The molecule has 114 valence electrons. The Bertz CT molecular complexity index is 713. The number of nitrogens with zero attached hydrogens (tertiary/aromatic N) is 4. The van der Waals surface area contributed by atoms with E-state index in [0.29, 0.717) is 6.61 Å². The van der Waals surface area contributed by atoms with Crippen LogP contribution >= 0.6 is 0 Å². The number of rotatable bonds is 7. The van der Waals surface area contributed by atoms with Crippen LogP contribution in [-0.4, -0.2) is 33.0 Å². The maximum atomic E-state index is 5.84. The van der Waals surface area contributed by atoms with Crippen molar-refractivity contribution in [2.45, 2.75) is 19.4 Å². The highest BCUT2D eigenvalue weighted by atomic mass is 16.5. The molecule has 0 amide bonds. The minimum atomic E-state index is 0.118. The Kier molecular flexibility index (Phi) is 4.60. The number of hydrogen-bond acceptors (Lipinski definition) is 5. The van der Waals surface area contributed by atoms with E-state index in [-0.39, 0.29) is 6.10 Å². The maximum Gasteiger partial charge on any atom is 0.177 e. The zero-order valence-corrected chi connectivity index (χ0v) is 12.5. The first kappa shape index (κ1) is 14.5. The van der Waals surface area contributed by atoms with Crippen molar-refractivity contribution in [2.75, 3.05) is 18.5 Å². The van der Waals surface area contributed by atoms with Gasteiger partial charge >= 0.3 is 0 Å². The SMILES string of the molecule is C[C@H](OCCCNc1ccc2nncn2n1)c1ccccc1. The van der Waals surface area contributed by atoms with Crippen molar-refractivity contribution in [3.8, 4) is 0 Å². The number of fused-ring (bicyclic) bond motifs is 1. The van der Waals surface area contributed by atoms with Crippen LogP contribution in [0, 0.1) is 0 Å². The molecule has 6 nitrogen and oxygen atoms in total. The molecule has 1 aromatic carbocycles. The number of anilines is 1. The molecule has 0 bridgehead atoms. The van der Waals surface area contributed by atoms with Crippen molar-refractivity contribution in [1.29, 1.82) is 0 Å². The number of ether oxygens (including phenoxy) is 1. The van der Waals surface area contributed by atoms with E-state index >= 15 is 0 Å². The van der Waals surface area contributed by atoms with Gasteiger partial charge in [-0.25, -0.2) is 0 Å². The third kappa shape index (κ3) is 3.59. The average Bonchev–Trinajstić information content (AvgIpc) is 3.03. The van der Waals surface area contributed by atoms with Gasteiger partial charge in [-0.15, -0.1) is 15.3 Å². The first-order valence-electron chi connectivity index (χ1n) is 7.40. The molecule has 0 aliphatic rings. The van der Waals surface area contributed by atoms with E-state index in [1.54, 1.807) is 10.8 Å². The van der Waals surface area contributed by atoms with Gasteiger partial charge in [-0.3, -0.25) is 0 Å². The van der Waals surface area contributed by atoms with E-state index in [1.807, 2.05) is 30.3 Å². The first-order chi connectivity index (χ1) is 10.8. The molecule has 22 heavy (non-hydrogen) atoms. The van der Waals surface area contributed by atoms with E-state index in [4.69, 9.17) is 4.74 Å². The molecular weight excluding hydrogens is 278 g/mol. The summed E-state index contributed by atoms with van der Waals surface area (Å²) in [4.78, 5) is 0. The highest BCUT2D eigenvalue weighted by molar-refractivity contribution is 5.42. The predicted molar refractivity (Wildman–Crippen MR) is 84.7 cm³/mol. The summed E-state index contributed by atoms with van der Waals surface area (Å²) in [6.45, 7) is 3.59. The van der Waals surface area contributed by atoms with Crippen LogP contribution in [-0.2, 0) is 4.74 Å². The molecule has 1 atom stereocenters. The molecule has 2 aromatic heterocycles. The summed E-state index contributed by atoms with van der Waals surface area (Å²) in [6, 6.07) is 14.0. The fraction of sp³-hybridized carbons (Fsp3) is 0.312. The third-order valence-corrected chi connectivity index (χ3v) is 3.43. The summed E-state index contributed by atoms with van der Waals surface area (Å²) in [6.07, 6.45) is 2.62. The van der Waals surface area contributed by atoms with E-state index in [9.17, 15) is 0 Å². The fourth-order valence-corrected chi connectivity index (χ4v) is 2.19. The Labute approximate surface area is 129 Å². The normalized spacial score (nSPS) is 12.4. The molecule has 0 radical (unpaired) electrons. The van der Waals surface area contributed by atoms with Crippen LogP contribution in [0.1, 0.15) is 25.0 Å². The van der Waals surface area contributed by atoms with Crippen LogP contribution in [0.25, 0.3) is 5.65 Å². The molecule has 0 unspecified atom stereocenters. The Morgan fingerprint density at radius 3 is 2.91 bits per heavy atom. The second kappa shape index (κ2) is 7.00. The second-order valence-electron chi connectivity index (χ2n) is 5.06. The van der Waals surface area contributed by atoms with Gasteiger partial charge in [0.05, 0.1) is 6.10 Å². The molecule has 0 spiro atoms. The highest BCUT2D eigenvalue weighted by Crippen LogP contribution is 2.15. The third-order valence-electron chi connectivity index (χ3n) is 3.43. The lowest BCUT2D eigenvalue weighted by atomic mass is 10.1. The topological polar surface area (TPSA) is 64.3 Å². The highest BCUT2D eigenvalue weighted by Gasteiger charge is 2.04. The fourth-order valence-electron chi connectivity index (χ4n) is 2.19. The minimum Gasteiger partial charge on any atom is -0.374 e. The maximum absolute atomic E-state index is 5.84. The van der Waals surface area contributed by atoms with Gasteiger partial charge in [-0.05, 0) is 31.0 Å². The quantitative estimate of drug-likeness (QED) is 0.679. The van der Waals surface area contributed by atoms with Crippen LogP contribution in [0.15, 0.2) is 48.8 Å². The van der Waals surface area contributed by atoms with Crippen molar-refractivity contribution < 1.29 is 4.74 Å². The van der Waals surface area contributed by atoms with Gasteiger partial charge in [-0.1, -0.05) is 30.3 Å². The molecule has 0 saturated heterocycles. The second-order valence-corrected chi connectivity index (χ2v) is 5.06. The number of nitrogens with one attached hydrogen (secondary N) is 1. The lowest BCUT2D eigenvalue weighted by Gasteiger charge is -2.13. The number of aromatic nitrogens is 4. The lowest BCUT2D eigenvalue weighted by Crippen LogP contribution is -2.09. The molecule has 6 heteroatoms. The van der Waals surface area contributed by atoms with E-state index < -0.39 is 0 Å². The summed E-state index contributed by atoms with van der Waals surface area (Å²) in [5, 5.41) is 15.4. The largest absolute Gasteiger partial charge is 0.374 e. The summed E-state index contributed by atoms with van der Waals surface area (Å²) in [5.74, 6) is 0.809. The standard InChI is InChI=1S/C16H19N5O/c1-13(14-6-3-2-4-7-14)22-11-5-10-17-15-8-9-16-19-18-12-21(16)20-15/h2-4,6-9,12-13H,5,10-11H2,1H3,(H,17,20)/t13-/m0/s1. The summed E-state index contributed by atoms with van der Waals surface area (Å²) < 4.78 is 7.49. The summed E-state index contributed by atoms with van der Waals surface area (Å²) in [7, 11) is 0. The molecule has 0 fully saturated rings. The van der Waals surface area contributed by atoms with E-state index in [1.165, 1.54) is 5.56 Å². The van der Waals surface area contributed by atoms with Gasteiger partial charge in [0.25, 0.3) is 0 Å². The molecule has 1 N–H and O–H groups in total. The Morgan fingerprint density at radius 2 is 2.05 bits per heavy atom. The van der Waals surface area contributed by atoms with E-state index in [2.05, 4.69) is 39.7 Å². The Hall–Kier alpha value is -2.47. The minimum absolute atomic E-state index is 0.118. The lowest BCUT2D eigenvalue weighted by molar-refractivity contribution is 0.0656. The summed E-state index contributed by atoms with van der Waals surface area (Å²) >= 11 is 0. The van der Waals surface area contributed by atoms with Crippen LogP contribution in [0.5, 0.6) is 0 Å². The molecule has 2 heterocycles. The molecule has 3 aromatic rings. The molecule has 0 aliphatic heterocycles. The smallest absolute Gasteiger partial charge is 0.177 e. The molecular formula is C16H19N5O. The zero-order chi connectivity index (χ0) is 15.2. The van der Waals surface area contributed by atoms with Crippen molar-refractivity contribution in [1.82, 2.24) is 19.8 Å². The molecule has 0 saturated carbocycles. The molecule has 0 aliphatic carbocycles. The first-order valence-corrected chi connectivity index (χ1v) is 7.40. The van der Waals surface area contributed by atoms with Gasteiger partial charge in [-0.2, -0.15) is 4.52 Å². The van der Waals surface area contributed by atoms with Crippen LogP contribution in [0.4, 0.5) is 5.82 Å². The van der Waals surface area contributed by atoms with Crippen molar-refractivity contribution in [3.63, 3.8) is 0 Å². The number of benzene rings is 1. The molecule has 3 rings (SSSR count). The number of hydrogen-bond donors (Lipinski definition) is 1. The van der Waals surface area contributed by atoms with Gasteiger partial charge < -0.3 is 10.1 Å². The van der Waals surface area contributed by atoms with Gasteiger partial charge in [0.2, 0.25) is 0 Å². The van der Waals surface area contributed by atoms with Crippen molar-refractivity contribution in [2.24, 2.45) is 0 Å². The predicted octanol–water partition coefficient (Wildman–Crippen LogP) is 2.70. The Balaban J connectivity index is 1.40. The van der Waals surface area contributed by atoms with E-state index in [0.717, 1.165) is 24.4 Å². The van der Waals surface area contributed by atoms with Crippen LogP contribution in [0.3, 0.4) is 0 Å². The van der Waals surface area contributed by atoms with Crippen LogP contribution in [0.2, 0.25) is 0 Å². The van der Waals surface area contributed by atoms with Gasteiger partial charge in [0.15, 0.2) is 5.65 Å². The average molecular weight is 297 g/mol. The van der Waals surface area contributed by atoms with Crippen molar-refractivity contribution >= 4 is 11.5 Å². The van der Waals surface area contributed by atoms with Crippen molar-refractivity contribution in [3.05, 3.63) is 54.4 Å². The monoisotopic (exact) mass is 297 g/mol. The van der Waals surface area contributed by atoms with Gasteiger partial charge in [0.1, 0.15) is 12.1 Å². The Morgan fingerprint density at radius 1 is 1.18 bits per heavy atom.